The molecule has 9 aromatic rings. The Hall–Kier alpha value is -6.80. The van der Waals surface area contributed by atoms with Crippen LogP contribution in [0.4, 0.5) is 0 Å². The molecule has 6 aromatic heterocycles. The van der Waals surface area contributed by atoms with Gasteiger partial charge < -0.3 is 4.57 Å². The van der Waals surface area contributed by atoms with Gasteiger partial charge in [0.1, 0.15) is 18.3 Å². The quantitative estimate of drug-likeness (QED) is 0.186. The predicted molar refractivity (Wildman–Crippen MR) is 198 cm³/mol. The number of benzene rings is 3. The van der Waals surface area contributed by atoms with Crippen LogP contribution in [0.3, 0.4) is 0 Å². The molecule has 3 aromatic carbocycles. The second kappa shape index (κ2) is 11.4. The lowest BCUT2D eigenvalue weighted by atomic mass is 9.99. The Labute approximate surface area is 287 Å². The Kier molecular flexibility index (Phi) is 6.45. The van der Waals surface area contributed by atoms with E-state index in [2.05, 4.69) is 131 Å². The average molecular weight is 645 g/mol. The van der Waals surface area contributed by atoms with Gasteiger partial charge >= 0.3 is 0 Å². The summed E-state index contributed by atoms with van der Waals surface area (Å²) in [5.74, 6) is 0.613. The van der Waals surface area contributed by atoms with Crippen LogP contribution >= 0.6 is 0 Å². The summed E-state index contributed by atoms with van der Waals surface area (Å²) >= 11 is 0. The zero-order valence-corrected chi connectivity index (χ0v) is 26.8. The molecule has 0 amide bonds. The molecule has 0 saturated heterocycles. The van der Waals surface area contributed by atoms with E-state index in [1.165, 1.54) is 29.3 Å². The standard InChI is InChI=1S/C42H28N8/c1-2-12-38-34(11-1)37-20-31(41-47-25-45-26-48-41)23-46-42(37)50(38)33-10-4-9-32(21-33)49-39-14-13-29(19-36(39)35-15-17-44-24-40(35)49)27-6-3-7-28(18-27)30-8-5-16-43-22-30/h1,3-11,13-26H,2,12H2. The molecule has 10 rings (SSSR count). The van der Waals surface area contributed by atoms with Gasteiger partial charge in [-0.05, 0) is 84.1 Å². The third-order valence-electron chi connectivity index (χ3n) is 9.64. The van der Waals surface area contributed by atoms with Gasteiger partial charge in [0.05, 0.1) is 17.2 Å². The summed E-state index contributed by atoms with van der Waals surface area (Å²) < 4.78 is 4.63. The molecule has 0 radical (unpaired) electrons. The summed E-state index contributed by atoms with van der Waals surface area (Å²) in [4.78, 5) is 26.6. The number of hydrogen-bond donors (Lipinski definition) is 0. The number of fused-ring (bicyclic) bond motifs is 6. The number of allylic oxidation sites excluding steroid dienone is 1. The van der Waals surface area contributed by atoms with Crippen LogP contribution in [0.25, 0.3) is 83.9 Å². The average Bonchev–Trinajstić information content (AvgIpc) is 3.71. The van der Waals surface area contributed by atoms with E-state index in [0.29, 0.717) is 5.82 Å². The summed E-state index contributed by atoms with van der Waals surface area (Å²) in [7, 11) is 0. The minimum atomic E-state index is 0.613. The third kappa shape index (κ3) is 4.53. The fourth-order valence-electron chi connectivity index (χ4n) is 7.39. The van der Waals surface area contributed by atoms with Crippen LogP contribution in [0.1, 0.15) is 17.7 Å². The van der Waals surface area contributed by atoms with Crippen LogP contribution in [0.15, 0.2) is 141 Å². The van der Waals surface area contributed by atoms with Crippen molar-refractivity contribution in [3.63, 3.8) is 0 Å². The second-order valence-electron chi connectivity index (χ2n) is 12.5. The van der Waals surface area contributed by atoms with E-state index in [1.807, 2.05) is 30.9 Å². The Bertz CT molecular complexity index is 2760. The number of pyridine rings is 3. The normalized spacial score (nSPS) is 12.6. The van der Waals surface area contributed by atoms with Crippen LogP contribution in [-0.4, -0.2) is 39.0 Å². The molecule has 1 aliphatic carbocycles. The first-order chi connectivity index (χ1) is 24.8. The fraction of sp³-hybridized carbons (Fsp3) is 0.0476. The molecule has 0 fully saturated rings. The van der Waals surface area contributed by atoms with Gasteiger partial charge in [0.25, 0.3) is 0 Å². The van der Waals surface area contributed by atoms with Gasteiger partial charge in [-0.25, -0.2) is 19.9 Å². The number of hydrogen-bond acceptors (Lipinski definition) is 6. The van der Waals surface area contributed by atoms with Crippen molar-refractivity contribution < 1.29 is 0 Å². The molecule has 1 aliphatic rings. The van der Waals surface area contributed by atoms with E-state index < -0.39 is 0 Å². The van der Waals surface area contributed by atoms with E-state index in [9.17, 15) is 0 Å². The first kappa shape index (κ1) is 28.2. The topological polar surface area (TPSA) is 87.2 Å². The first-order valence-electron chi connectivity index (χ1n) is 16.6. The Morgan fingerprint density at radius 2 is 1.30 bits per heavy atom. The molecule has 0 saturated carbocycles. The lowest BCUT2D eigenvalue weighted by Gasteiger charge is -2.15. The molecule has 8 heteroatoms. The van der Waals surface area contributed by atoms with Crippen molar-refractivity contribution in [1.29, 1.82) is 0 Å². The number of nitrogens with zero attached hydrogens (tertiary/aromatic N) is 8. The third-order valence-corrected chi connectivity index (χ3v) is 9.64. The second-order valence-corrected chi connectivity index (χ2v) is 12.5. The zero-order chi connectivity index (χ0) is 33.0. The van der Waals surface area contributed by atoms with Crippen LogP contribution < -0.4 is 0 Å². The van der Waals surface area contributed by atoms with Crippen LogP contribution in [0, 0.1) is 0 Å². The highest BCUT2D eigenvalue weighted by Gasteiger charge is 2.22. The van der Waals surface area contributed by atoms with Crippen LogP contribution in [-0.2, 0) is 6.42 Å². The van der Waals surface area contributed by atoms with Crippen molar-refractivity contribution >= 4 is 38.9 Å². The first-order valence-corrected chi connectivity index (χ1v) is 16.6. The van der Waals surface area contributed by atoms with Crippen molar-refractivity contribution in [1.82, 2.24) is 39.0 Å². The Morgan fingerprint density at radius 3 is 2.18 bits per heavy atom. The number of aromatic nitrogens is 8. The molecule has 0 atom stereocenters. The molecule has 0 N–H and O–H groups in total. The molecule has 6 heterocycles. The minimum Gasteiger partial charge on any atom is -0.308 e. The maximum Gasteiger partial charge on any atom is 0.164 e. The predicted octanol–water partition coefficient (Wildman–Crippen LogP) is 9.06. The summed E-state index contributed by atoms with van der Waals surface area (Å²) in [6, 6.07) is 32.5. The highest BCUT2D eigenvalue weighted by molar-refractivity contribution is 6.10. The Morgan fingerprint density at radius 1 is 0.520 bits per heavy atom. The SMILES string of the molecule is C1=Cc2c(n(-c3cccc(-n4c5ccc(-c6cccc(-c7cccnc7)c6)cc5c5ccncc54)c3)c3ncc(-c4ncncn4)cc23)CC1. The van der Waals surface area contributed by atoms with E-state index in [-0.39, 0.29) is 0 Å². The van der Waals surface area contributed by atoms with Crippen molar-refractivity contribution in [2.45, 2.75) is 12.8 Å². The van der Waals surface area contributed by atoms with Gasteiger partial charge in [0.15, 0.2) is 5.82 Å². The molecule has 0 bridgehead atoms. The summed E-state index contributed by atoms with van der Waals surface area (Å²) in [6.07, 6.45) is 18.8. The van der Waals surface area contributed by atoms with Gasteiger partial charge in [-0.15, -0.1) is 0 Å². The van der Waals surface area contributed by atoms with Gasteiger partial charge in [0, 0.05) is 74.7 Å². The van der Waals surface area contributed by atoms with Crippen molar-refractivity contribution in [3.8, 4) is 45.0 Å². The fourth-order valence-corrected chi connectivity index (χ4v) is 7.39. The summed E-state index contributed by atoms with van der Waals surface area (Å²) in [6.45, 7) is 0. The minimum absolute atomic E-state index is 0.613. The van der Waals surface area contributed by atoms with E-state index >= 15 is 0 Å². The van der Waals surface area contributed by atoms with Crippen molar-refractivity contribution in [2.24, 2.45) is 0 Å². The maximum atomic E-state index is 5.00. The number of rotatable bonds is 5. The monoisotopic (exact) mass is 644 g/mol. The van der Waals surface area contributed by atoms with Gasteiger partial charge in [-0.2, -0.15) is 0 Å². The summed E-state index contributed by atoms with van der Waals surface area (Å²) in [5, 5.41) is 3.42. The molecule has 0 aliphatic heterocycles. The molecule has 0 spiro atoms. The highest BCUT2D eigenvalue weighted by Crippen LogP contribution is 2.38. The zero-order valence-electron chi connectivity index (χ0n) is 26.8. The van der Waals surface area contributed by atoms with Gasteiger partial charge in [-0.3, -0.25) is 14.5 Å². The van der Waals surface area contributed by atoms with E-state index in [1.54, 1.807) is 6.20 Å². The molecule has 236 valence electrons. The van der Waals surface area contributed by atoms with Crippen molar-refractivity contribution in [3.05, 3.63) is 152 Å². The van der Waals surface area contributed by atoms with E-state index in [4.69, 9.17) is 4.98 Å². The molecule has 0 unspecified atom stereocenters. The van der Waals surface area contributed by atoms with E-state index in [0.717, 1.165) is 79.5 Å². The molecule has 8 nitrogen and oxygen atoms in total. The summed E-state index contributed by atoms with van der Waals surface area (Å²) in [5.41, 5.74) is 13.1. The highest BCUT2D eigenvalue weighted by atomic mass is 15.1. The van der Waals surface area contributed by atoms with Crippen LogP contribution in [0.5, 0.6) is 0 Å². The smallest absolute Gasteiger partial charge is 0.164 e. The Balaban J connectivity index is 1.12. The maximum absolute atomic E-state index is 5.00. The molecular weight excluding hydrogens is 617 g/mol. The van der Waals surface area contributed by atoms with Gasteiger partial charge in [-0.1, -0.05) is 48.6 Å². The van der Waals surface area contributed by atoms with Gasteiger partial charge in [0.2, 0.25) is 0 Å². The molecule has 50 heavy (non-hydrogen) atoms. The molecular formula is C42H28N8. The lowest BCUT2D eigenvalue weighted by molar-refractivity contribution is 0.882. The van der Waals surface area contributed by atoms with Crippen molar-refractivity contribution in [2.75, 3.05) is 0 Å². The largest absolute Gasteiger partial charge is 0.308 e. The van der Waals surface area contributed by atoms with Crippen LogP contribution in [0.2, 0.25) is 0 Å². The lowest BCUT2D eigenvalue weighted by Crippen LogP contribution is -2.05.